The van der Waals surface area contributed by atoms with Crippen molar-refractivity contribution >= 4 is 25.1 Å². The van der Waals surface area contributed by atoms with Crippen LogP contribution < -0.4 is 5.14 Å². The molecule has 0 heterocycles. The number of hydrogen-bond donors (Lipinski definition) is 2. The summed E-state index contributed by atoms with van der Waals surface area (Å²) < 4.78 is 8.94. The second-order valence-corrected chi connectivity index (χ2v) is 1.44. The van der Waals surface area contributed by atoms with Gasteiger partial charge in [0, 0.05) is 0 Å². The van der Waals surface area contributed by atoms with E-state index in [2.05, 4.69) is 21.3 Å². The summed E-state index contributed by atoms with van der Waals surface area (Å²) in [6.45, 7) is 0.942. The molecule has 0 saturated heterocycles. The molecule has 44 valence electrons. The van der Waals surface area contributed by atoms with Crippen molar-refractivity contribution < 1.29 is 8.37 Å². The maximum absolute atomic E-state index is 4.88. The molecule has 0 saturated carbocycles. The molecule has 0 atom stereocenters. The van der Waals surface area contributed by atoms with Gasteiger partial charge in [-0.2, -0.15) is 0 Å². The zero-order valence-electron chi connectivity index (χ0n) is 3.66. The molecule has 0 aliphatic carbocycles. The van der Waals surface area contributed by atoms with E-state index in [9.17, 15) is 0 Å². The van der Waals surface area contributed by atoms with E-state index in [1.807, 2.05) is 0 Å². The van der Waals surface area contributed by atoms with Gasteiger partial charge in [-0.3, -0.25) is 9.32 Å². The number of hydrogen-bond acceptors (Lipinski definition) is 5. The molecule has 3 nitrogen and oxygen atoms in total. The Morgan fingerprint density at radius 1 is 1.57 bits per heavy atom. The van der Waals surface area contributed by atoms with Crippen molar-refractivity contribution in [2.75, 3.05) is 13.2 Å². The molecule has 0 amide bonds. The van der Waals surface area contributed by atoms with Crippen molar-refractivity contribution in [3.05, 3.63) is 0 Å². The molecule has 0 rings (SSSR count). The number of nitrogens with two attached hydrogens (primary N) is 1. The molecule has 0 unspecified atom stereocenters. The average molecular weight is 141 g/mol. The zero-order valence-corrected chi connectivity index (χ0v) is 5.37. The molecule has 5 heteroatoms. The highest BCUT2D eigenvalue weighted by atomic mass is 32.2. The molecule has 2 N–H and O–H groups in total. The quantitative estimate of drug-likeness (QED) is 0.257. The minimum Gasteiger partial charge on any atom is -0.316 e. The average Bonchev–Trinajstić information content (AvgIpc) is 1.69. The predicted octanol–water partition coefficient (Wildman–Crippen LogP) is 0.386. The summed E-state index contributed by atoms with van der Waals surface area (Å²) in [5, 5.41) is 4.88. The SMILES string of the molecule is NSOCCOS. The first-order valence-electron chi connectivity index (χ1n) is 1.66. The monoisotopic (exact) mass is 141 g/mol. The van der Waals surface area contributed by atoms with Crippen LogP contribution in [0.5, 0.6) is 0 Å². The van der Waals surface area contributed by atoms with E-state index >= 15 is 0 Å². The van der Waals surface area contributed by atoms with Crippen LogP contribution in [0.2, 0.25) is 0 Å². The Hall–Kier alpha value is 0.580. The van der Waals surface area contributed by atoms with Crippen LogP contribution >= 0.6 is 25.1 Å². The lowest BCUT2D eigenvalue weighted by Gasteiger charge is -1.92. The van der Waals surface area contributed by atoms with Crippen molar-refractivity contribution in [2.24, 2.45) is 5.14 Å². The van der Waals surface area contributed by atoms with Crippen LogP contribution in [0.15, 0.2) is 0 Å². The van der Waals surface area contributed by atoms with Gasteiger partial charge in [0.1, 0.15) is 0 Å². The first kappa shape index (κ1) is 7.58. The van der Waals surface area contributed by atoms with Gasteiger partial charge < -0.3 is 4.18 Å². The summed E-state index contributed by atoms with van der Waals surface area (Å²) in [6, 6.07) is 0. The largest absolute Gasteiger partial charge is 0.316 e. The highest BCUT2D eigenvalue weighted by molar-refractivity contribution is 7.92. The van der Waals surface area contributed by atoms with Crippen LogP contribution in [0.4, 0.5) is 0 Å². The van der Waals surface area contributed by atoms with E-state index in [-0.39, 0.29) is 0 Å². The van der Waals surface area contributed by atoms with Crippen molar-refractivity contribution in [3.63, 3.8) is 0 Å². The third kappa shape index (κ3) is 6.58. The van der Waals surface area contributed by atoms with Gasteiger partial charge in [-0.05, 0) is 12.9 Å². The summed E-state index contributed by atoms with van der Waals surface area (Å²) in [7, 11) is 0. The Labute approximate surface area is 52.5 Å². The molecule has 0 fully saturated rings. The van der Waals surface area contributed by atoms with Crippen LogP contribution in [-0.2, 0) is 8.37 Å². The minimum absolute atomic E-state index is 0.466. The van der Waals surface area contributed by atoms with Crippen molar-refractivity contribution in [1.29, 1.82) is 0 Å². The fraction of sp³-hybridized carbons (Fsp3) is 1.00. The van der Waals surface area contributed by atoms with Gasteiger partial charge in [0.2, 0.25) is 0 Å². The molecular weight excluding hydrogens is 134 g/mol. The predicted molar refractivity (Wildman–Crippen MR) is 32.7 cm³/mol. The summed E-state index contributed by atoms with van der Waals surface area (Å²) >= 11 is 4.29. The van der Waals surface area contributed by atoms with Crippen molar-refractivity contribution in [2.45, 2.75) is 0 Å². The Morgan fingerprint density at radius 2 is 2.29 bits per heavy atom. The van der Waals surface area contributed by atoms with Crippen LogP contribution in [-0.4, -0.2) is 13.2 Å². The first-order valence-corrected chi connectivity index (χ1v) is 2.83. The van der Waals surface area contributed by atoms with Gasteiger partial charge >= 0.3 is 0 Å². The van der Waals surface area contributed by atoms with E-state index in [1.54, 1.807) is 0 Å². The van der Waals surface area contributed by atoms with E-state index in [0.29, 0.717) is 13.2 Å². The molecule has 0 aliphatic rings. The fourth-order valence-electron chi connectivity index (χ4n) is 0.119. The van der Waals surface area contributed by atoms with Gasteiger partial charge in [0.15, 0.2) is 0 Å². The first-order chi connectivity index (χ1) is 3.41. The second kappa shape index (κ2) is 6.58. The normalized spacial score (nSPS) is 9.43. The van der Waals surface area contributed by atoms with Crippen LogP contribution in [0.1, 0.15) is 0 Å². The molecule has 0 aromatic carbocycles. The van der Waals surface area contributed by atoms with Gasteiger partial charge in [0.05, 0.1) is 25.4 Å². The van der Waals surface area contributed by atoms with Gasteiger partial charge in [-0.25, -0.2) is 0 Å². The smallest absolute Gasteiger partial charge is 0.0875 e. The van der Waals surface area contributed by atoms with Crippen LogP contribution in [0, 0.1) is 0 Å². The molecule has 0 spiro atoms. The molecule has 0 aromatic heterocycles. The van der Waals surface area contributed by atoms with Gasteiger partial charge in [-0.15, -0.1) is 0 Å². The van der Waals surface area contributed by atoms with Crippen LogP contribution in [0.25, 0.3) is 0 Å². The molecule has 0 bridgehead atoms. The van der Waals surface area contributed by atoms with E-state index in [4.69, 9.17) is 5.14 Å². The summed E-state index contributed by atoms with van der Waals surface area (Å²) in [6.07, 6.45) is 0. The third-order valence-electron chi connectivity index (χ3n) is 0.326. The lowest BCUT2D eigenvalue weighted by molar-refractivity contribution is 0.270. The summed E-state index contributed by atoms with van der Waals surface area (Å²) in [5.41, 5.74) is 0. The van der Waals surface area contributed by atoms with E-state index in [0.717, 1.165) is 12.2 Å². The number of thiol groups is 1. The Bertz CT molecular complexity index is 32.9. The Morgan fingerprint density at radius 3 is 2.71 bits per heavy atom. The Balaban J connectivity index is 2.45. The second-order valence-electron chi connectivity index (χ2n) is 0.751. The lowest BCUT2D eigenvalue weighted by atomic mass is 10.8. The molecule has 0 radical (unpaired) electrons. The zero-order chi connectivity index (χ0) is 5.54. The molecule has 0 aromatic rings. The minimum atomic E-state index is 0.466. The topological polar surface area (TPSA) is 44.5 Å². The molecule has 0 aliphatic heterocycles. The maximum atomic E-state index is 4.88. The van der Waals surface area contributed by atoms with Crippen molar-refractivity contribution in [1.82, 2.24) is 0 Å². The summed E-state index contributed by atoms with van der Waals surface area (Å²) in [5.74, 6) is 0. The van der Waals surface area contributed by atoms with Crippen LogP contribution in [0.3, 0.4) is 0 Å². The fourth-order valence-corrected chi connectivity index (χ4v) is 0.358. The van der Waals surface area contributed by atoms with E-state index < -0.39 is 0 Å². The molecular formula is C2H7NO2S2. The lowest BCUT2D eigenvalue weighted by Crippen LogP contribution is -1.95. The highest BCUT2D eigenvalue weighted by Crippen LogP contribution is 1.88. The highest BCUT2D eigenvalue weighted by Gasteiger charge is 1.80. The summed E-state index contributed by atoms with van der Waals surface area (Å²) in [4.78, 5) is 0. The Kier molecular flexibility index (Phi) is 7.13. The molecule has 7 heavy (non-hydrogen) atoms. The standard InChI is InChI=1S/C2H7NO2S2/c3-7-5-2-1-4-6/h6H,1-3H2. The van der Waals surface area contributed by atoms with Crippen molar-refractivity contribution in [3.8, 4) is 0 Å². The maximum Gasteiger partial charge on any atom is 0.0875 e. The van der Waals surface area contributed by atoms with Gasteiger partial charge in [-0.1, -0.05) is 0 Å². The number of rotatable bonds is 4. The van der Waals surface area contributed by atoms with E-state index in [1.165, 1.54) is 0 Å². The third-order valence-corrected chi connectivity index (χ3v) is 0.811. The van der Waals surface area contributed by atoms with Gasteiger partial charge in [0.25, 0.3) is 0 Å².